The number of hydrogen-bond acceptors (Lipinski definition) is 5. The first-order valence-electron chi connectivity index (χ1n) is 7.90. The number of carbonyl (C=O) groups excluding carboxylic acids is 1. The lowest BCUT2D eigenvalue weighted by atomic mass is 10.1. The first-order chi connectivity index (χ1) is 12.0. The lowest BCUT2D eigenvalue weighted by Crippen LogP contribution is -2.22. The van der Waals surface area contributed by atoms with E-state index in [1.54, 1.807) is 12.1 Å². The molecule has 0 spiro atoms. The SMILES string of the molecule is COc1cc(NC(=O)CNc2c(C)cccc2C)cc(OC)c1OC. The average molecular weight is 344 g/mol. The maximum Gasteiger partial charge on any atom is 0.243 e. The largest absolute Gasteiger partial charge is 0.493 e. The summed E-state index contributed by atoms with van der Waals surface area (Å²) in [5.41, 5.74) is 3.74. The smallest absolute Gasteiger partial charge is 0.243 e. The molecule has 0 saturated heterocycles. The van der Waals surface area contributed by atoms with E-state index in [1.165, 1.54) is 21.3 Å². The summed E-state index contributed by atoms with van der Waals surface area (Å²) in [6.45, 7) is 4.17. The van der Waals surface area contributed by atoms with Gasteiger partial charge in [-0.05, 0) is 25.0 Å². The summed E-state index contributed by atoms with van der Waals surface area (Å²) < 4.78 is 15.9. The van der Waals surface area contributed by atoms with Crippen LogP contribution in [0.2, 0.25) is 0 Å². The molecule has 2 aromatic rings. The van der Waals surface area contributed by atoms with Gasteiger partial charge in [0.25, 0.3) is 0 Å². The third kappa shape index (κ3) is 4.35. The molecule has 0 saturated carbocycles. The Hall–Kier alpha value is -2.89. The standard InChI is InChI=1S/C19H24N2O4/c1-12-7-6-8-13(2)18(12)20-11-17(22)21-14-9-15(23-3)19(25-5)16(10-14)24-4/h6-10,20H,11H2,1-5H3,(H,21,22). The summed E-state index contributed by atoms with van der Waals surface area (Å²) in [7, 11) is 4.60. The highest BCUT2D eigenvalue weighted by Crippen LogP contribution is 2.39. The molecule has 6 heteroatoms. The van der Waals surface area contributed by atoms with Crippen molar-refractivity contribution in [3.63, 3.8) is 0 Å². The zero-order chi connectivity index (χ0) is 18.4. The van der Waals surface area contributed by atoms with Gasteiger partial charge < -0.3 is 24.8 Å². The predicted octanol–water partition coefficient (Wildman–Crippen LogP) is 3.38. The monoisotopic (exact) mass is 344 g/mol. The molecule has 25 heavy (non-hydrogen) atoms. The number of anilines is 2. The normalized spacial score (nSPS) is 10.1. The molecule has 0 bridgehead atoms. The van der Waals surface area contributed by atoms with E-state index in [9.17, 15) is 4.79 Å². The van der Waals surface area contributed by atoms with Gasteiger partial charge in [-0.1, -0.05) is 18.2 Å². The maximum atomic E-state index is 12.3. The van der Waals surface area contributed by atoms with Crippen LogP contribution in [0, 0.1) is 13.8 Å². The molecule has 0 unspecified atom stereocenters. The van der Waals surface area contributed by atoms with E-state index in [-0.39, 0.29) is 12.5 Å². The number of methoxy groups -OCH3 is 3. The first-order valence-corrected chi connectivity index (χ1v) is 7.90. The molecule has 1 amide bonds. The van der Waals surface area contributed by atoms with Crippen LogP contribution in [0.25, 0.3) is 0 Å². The average Bonchev–Trinajstić information content (AvgIpc) is 2.60. The topological polar surface area (TPSA) is 68.8 Å². The van der Waals surface area contributed by atoms with Crippen molar-refractivity contribution in [2.45, 2.75) is 13.8 Å². The van der Waals surface area contributed by atoms with E-state index in [0.717, 1.165) is 16.8 Å². The Bertz CT molecular complexity index is 714. The van der Waals surface area contributed by atoms with Crippen LogP contribution in [0.4, 0.5) is 11.4 Å². The van der Waals surface area contributed by atoms with Crippen molar-refractivity contribution >= 4 is 17.3 Å². The van der Waals surface area contributed by atoms with E-state index in [0.29, 0.717) is 22.9 Å². The quantitative estimate of drug-likeness (QED) is 0.806. The van der Waals surface area contributed by atoms with Gasteiger partial charge >= 0.3 is 0 Å². The highest BCUT2D eigenvalue weighted by atomic mass is 16.5. The molecule has 0 aliphatic carbocycles. The predicted molar refractivity (Wildman–Crippen MR) is 99.1 cm³/mol. The van der Waals surface area contributed by atoms with Gasteiger partial charge in [-0.2, -0.15) is 0 Å². The molecule has 0 heterocycles. The summed E-state index contributed by atoms with van der Waals surface area (Å²) in [5, 5.41) is 6.02. The third-order valence-electron chi connectivity index (χ3n) is 3.86. The maximum absolute atomic E-state index is 12.3. The van der Waals surface area contributed by atoms with Crippen LogP contribution >= 0.6 is 0 Å². The van der Waals surface area contributed by atoms with Crippen molar-refractivity contribution in [1.29, 1.82) is 0 Å². The van der Waals surface area contributed by atoms with Gasteiger partial charge in [-0.3, -0.25) is 4.79 Å². The molecule has 0 atom stereocenters. The van der Waals surface area contributed by atoms with Gasteiger partial charge in [0.15, 0.2) is 11.5 Å². The van der Waals surface area contributed by atoms with Gasteiger partial charge in [-0.25, -0.2) is 0 Å². The molecule has 2 N–H and O–H groups in total. The van der Waals surface area contributed by atoms with E-state index >= 15 is 0 Å². The number of benzene rings is 2. The minimum atomic E-state index is -0.170. The Kier molecular flexibility index (Phi) is 6.11. The van der Waals surface area contributed by atoms with Crippen molar-refractivity contribution in [3.8, 4) is 17.2 Å². The number of nitrogens with one attached hydrogen (secondary N) is 2. The fraction of sp³-hybridized carbons (Fsp3) is 0.316. The lowest BCUT2D eigenvalue weighted by molar-refractivity contribution is -0.114. The molecule has 0 aromatic heterocycles. The molecule has 6 nitrogen and oxygen atoms in total. The van der Waals surface area contributed by atoms with E-state index in [2.05, 4.69) is 10.6 Å². The van der Waals surface area contributed by atoms with Crippen LogP contribution in [-0.2, 0) is 4.79 Å². The van der Waals surface area contributed by atoms with Gasteiger partial charge in [0.05, 0.1) is 27.9 Å². The number of carbonyl (C=O) groups is 1. The van der Waals surface area contributed by atoms with Gasteiger partial charge in [0.2, 0.25) is 11.7 Å². The Labute approximate surface area is 148 Å². The summed E-state index contributed by atoms with van der Waals surface area (Å²) in [5.74, 6) is 1.29. The summed E-state index contributed by atoms with van der Waals surface area (Å²) >= 11 is 0. The van der Waals surface area contributed by atoms with Crippen molar-refractivity contribution in [2.75, 3.05) is 38.5 Å². The highest BCUT2D eigenvalue weighted by molar-refractivity contribution is 5.94. The minimum absolute atomic E-state index is 0.155. The minimum Gasteiger partial charge on any atom is -0.493 e. The Morgan fingerprint density at radius 2 is 1.52 bits per heavy atom. The molecule has 2 rings (SSSR count). The molecule has 0 aliphatic heterocycles. The first kappa shape index (κ1) is 18.4. The number of para-hydroxylation sites is 1. The molecular formula is C19H24N2O4. The van der Waals surface area contributed by atoms with E-state index in [4.69, 9.17) is 14.2 Å². The van der Waals surface area contributed by atoms with E-state index in [1.807, 2.05) is 32.0 Å². The number of amides is 1. The summed E-state index contributed by atoms with van der Waals surface area (Å²) in [6, 6.07) is 9.39. The molecule has 0 radical (unpaired) electrons. The Morgan fingerprint density at radius 1 is 0.960 bits per heavy atom. The van der Waals surface area contributed by atoms with Crippen LogP contribution in [0.1, 0.15) is 11.1 Å². The van der Waals surface area contributed by atoms with Crippen molar-refractivity contribution < 1.29 is 19.0 Å². The van der Waals surface area contributed by atoms with Crippen molar-refractivity contribution in [3.05, 3.63) is 41.5 Å². The van der Waals surface area contributed by atoms with Crippen LogP contribution in [-0.4, -0.2) is 33.8 Å². The summed E-state index contributed by atoms with van der Waals surface area (Å²) in [6.07, 6.45) is 0. The van der Waals surface area contributed by atoms with Gasteiger partial charge in [-0.15, -0.1) is 0 Å². The lowest BCUT2D eigenvalue weighted by Gasteiger charge is -2.15. The van der Waals surface area contributed by atoms with Crippen LogP contribution in [0.15, 0.2) is 30.3 Å². The number of ether oxygens (including phenoxy) is 3. The second-order valence-electron chi connectivity index (χ2n) is 5.58. The van der Waals surface area contributed by atoms with Crippen molar-refractivity contribution in [1.82, 2.24) is 0 Å². The van der Waals surface area contributed by atoms with Crippen LogP contribution in [0.5, 0.6) is 17.2 Å². The number of rotatable bonds is 7. The van der Waals surface area contributed by atoms with Gasteiger partial charge in [0, 0.05) is 23.5 Å². The fourth-order valence-electron chi connectivity index (χ4n) is 2.62. The Balaban J connectivity index is 2.10. The number of aryl methyl sites for hydroxylation is 2. The third-order valence-corrected chi connectivity index (χ3v) is 3.86. The second-order valence-corrected chi connectivity index (χ2v) is 5.58. The van der Waals surface area contributed by atoms with Crippen LogP contribution in [0.3, 0.4) is 0 Å². The zero-order valence-electron chi connectivity index (χ0n) is 15.2. The second kappa shape index (κ2) is 8.28. The van der Waals surface area contributed by atoms with Crippen LogP contribution < -0.4 is 24.8 Å². The van der Waals surface area contributed by atoms with Crippen molar-refractivity contribution in [2.24, 2.45) is 0 Å². The Morgan fingerprint density at radius 3 is 2.00 bits per heavy atom. The molecular weight excluding hydrogens is 320 g/mol. The zero-order valence-corrected chi connectivity index (χ0v) is 15.2. The molecule has 0 aliphatic rings. The molecule has 134 valence electrons. The summed E-state index contributed by atoms with van der Waals surface area (Å²) in [4.78, 5) is 12.3. The van der Waals surface area contributed by atoms with Gasteiger partial charge in [0.1, 0.15) is 0 Å². The van der Waals surface area contributed by atoms with E-state index < -0.39 is 0 Å². The number of hydrogen-bond donors (Lipinski definition) is 2. The highest BCUT2D eigenvalue weighted by Gasteiger charge is 2.14. The molecule has 2 aromatic carbocycles. The fourth-order valence-corrected chi connectivity index (χ4v) is 2.62. The molecule has 0 fully saturated rings.